The number of rotatable bonds is 4. The van der Waals surface area contributed by atoms with Crippen molar-refractivity contribution in [3.63, 3.8) is 0 Å². The van der Waals surface area contributed by atoms with E-state index < -0.39 is 0 Å². The van der Waals surface area contributed by atoms with E-state index in [1.54, 1.807) is 11.3 Å². The van der Waals surface area contributed by atoms with Crippen molar-refractivity contribution in [1.29, 1.82) is 0 Å². The van der Waals surface area contributed by atoms with E-state index in [9.17, 15) is 4.79 Å². The Morgan fingerprint density at radius 1 is 1.52 bits per heavy atom. The van der Waals surface area contributed by atoms with Crippen molar-refractivity contribution in [3.8, 4) is 5.75 Å². The Hall–Kier alpha value is -1.88. The molecule has 1 atom stereocenters. The summed E-state index contributed by atoms with van der Waals surface area (Å²) in [6, 6.07) is 6.11. The Morgan fingerprint density at radius 2 is 2.38 bits per heavy atom. The van der Waals surface area contributed by atoms with Crippen molar-refractivity contribution in [3.05, 3.63) is 45.4 Å². The highest BCUT2D eigenvalue weighted by Gasteiger charge is 2.18. The molecule has 21 heavy (non-hydrogen) atoms. The summed E-state index contributed by atoms with van der Waals surface area (Å²) in [5.74, 6) is 0.973. The number of carbonyl (C=O) groups is 1. The van der Waals surface area contributed by atoms with Crippen molar-refractivity contribution in [2.24, 2.45) is 0 Å². The largest absolute Gasteiger partial charge is 0.490 e. The molecule has 0 spiro atoms. The maximum absolute atomic E-state index is 11.9. The molecule has 1 amide bonds. The number of benzene rings is 1. The number of amides is 1. The van der Waals surface area contributed by atoms with Crippen LogP contribution in [0, 0.1) is 6.92 Å². The highest BCUT2D eigenvalue weighted by molar-refractivity contribution is 7.09. The fourth-order valence-electron chi connectivity index (χ4n) is 2.50. The molecule has 2 heterocycles. The first-order chi connectivity index (χ1) is 10.1. The van der Waals surface area contributed by atoms with Gasteiger partial charge in [-0.3, -0.25) is 4.79 Å². The summed E-state index contributed by atoms with van der Waals surface area (Å²) in [4.78, 5) is 16.2. The fraction of sp³-hybridized carbons (Fsp3) is 0.375. The second-order valence-corrected chi connectivity index (χ2v) is 6.45. The van der Waals surface area contributed by atoms with Gasteiger partial charge < -0.3 is 10.1 Å². The van der Waals surface area contributed by atoms with Crippen molar-refractivity contribution in [1.82, 2.24) is 10.3 Å². The Labute approximate surface area is 128 Å². The molecule has 1 aliphatic heterocycles. The topological polar surface area (TPSA) is 51.2 Å². The third kappa shape index (κ3) is 3.42. The number of carbonyl (C=O) groups excluding carboxylic acids is 1. The minimum Gasteiger partial charge on any atom is -0.490 e. The van der Waals surface area contributed by atoms with Crippen LogP contribution in [0.2, 0.25) is 0 Å². The van der Waals surface area contributed by atoms with Crippen LogP contribution in [0.25, 0.3) is 0 Å². The first-order valence-electron chi connectivity index (χ1n) is 7.06. The Balaban J connectivity index is 1.55. The van der Waals surface area contributed by atoms with Crippen LogP contribution in [0.5, 0.6) is 5.75 Å². The molecule has 0 bridgehead atoms. The van der Waals surface area contributed by atoms with Gasteiger partial charge in [-0.2, -0.15) is 0 Å². The molecule has 0 unspecified atom stereocenters. The summed E-state index contributed by atoms with van der Waals surface area (Å²) in [6.45, 7) is 4.56. The second-order valence-electron chi connectivity index (χ2n) is 5.39. The molecule has 0 fully saturated rings. The fourth-order valence-corrected chi connectivity index (χ4v) is 3.12. The quantitative estimate of drug-likeness (QED) is 0.944. The van der Waals surface area contributed by atoms with Gasteiger partial charge in [0.05, 0.1) is 17.1 Å². The minimum atomic E-state index is 0.00502. The molecule has 0 radical (unpaired) electrons. The van der Waals surface area contributed by atoms with Gasteiger partial charge in [0, 0.05) is 18.3 Å². The first kappa shape index (κ1) is 14.1. The van der Waals surface area contributed by atoms with E-state index in [4.69, 9.17) is 4.74 Å². The van der Waals surface area contributed by atoms with Gasteiger partial charge >= 0.3 is 0 Å². The molecule has 1 aliphatic rings. The Bertz CT molecular complexity index is 666. The molecule has 0 saturated heterocycles. The average Bonchev–Trinajstić information content (AvgIpc) is 3.00. The summed E-state index contributed by atoms with van der Waals surface area (Å²) in [7, 11) is 0. The molecule has 4 nitrogen and oxygen atoms in total. The van der Waals surface area contributed by atoms with E-state index in [2.05, 4.69) is 23.3 Å². The lowest BCUT2D eigenvalue weighted by atomic mass is 10.1. The molecular weight excluding hydrogens is 284 g/mol. The molecule has 1 aromatic heterocycles. The zero-order valence-corrected chi connectivity index (χ0v) is 13.0. The number of ether oxygens (including phenoxy) is 1. The van der Waals surface area contributed by atoms with Crippen LogP contribution in [0.15, 0.2) is 23.6 Å². The zero-order valence-electron chi connectivity index (χ0n) is 12.2. The molecule has 110 valence electrons. The standard InChI is InChI=1S/C16H18N2O2S/c1-10-5-13-6-12(3-4-15(13)20-10)8-17-16(19)7-14-9-21-11(2)18-14/h3-4,6,9-10H,5,7-8H2,1-2H3,(H,17,19)/t10-/m1/s1. The molecule has 2 aromatic rings. The molecule has 0 aliphatic carbocycles. The predicted octanol–water partition coefficient (Wildman–Crippen LogP) is 2.63. The monoisotopic (exact) mass is 302 g/mol. The molecular formula is C16H18N2O2S. The highest BCUT2D eigenvalue weighted by atomic mass is 32.1. The van der Waals surface area contributed by atoms with Crippen LogP contribution in [-0.2, 0) is 24.2 Å². The van der Waals surface area contributed by atoms with E-state index in [1.807, 2.05) is 24.4 Å². The first-order valence-corrected chi connectivity index (χ1v) is 7.94. The number of aromatic nitrogens is 1. The summed E-state index contributed by atoms with van der Waals surface area (Å²) in [5.41, 5.74) is 3.17. The van der Waals surface area contributed by atoms with E-state index in [1.165, 1.54) is 5.56 Å². The summed E-state index contributed by atoms with van der Waals surface area (Å²) < 4.78 is 5.67. The SMILES string of the molecule is Cc1nc(CC(=O)NCc2ccc3c(c2)C[C@@H](C)O3)cs1. The van der Waals surface area contributed by atoms with Gasteiger partial charge in [0.25, 0.3) is 0 Å². The normalized spacial score (nSPS) is 16.4. The Morgan fingerprint density at radius 3 is 3.14 bits per heavy atom. The van der Waals surface area contributed by atoms with Crippen molar-refractivity contribution in [2.45, 2.75) is 39.3 Å². The third-order valence-electron chi connectivity index (χ3n) is 3.46. The lowest BCUT2D eigenvalue weighted by Crippen LogP contribution is -2.24. The predicted molar refractivity (Wildman–Crippen MR) is 82.6 cm³/mol. The zero-order chi connectivity index (χ0) is 14.8. The smallest absolute Gasteiger partial charge is 0.226 e. The van der Waals surface area contributed by atoms with Crippen molar-refractivity contribution < 1.29 is 9.53 Å². The third-order valence-corrected chi connectivity index (χ3v) is 4.28. The van der Waals surface area contributed by atoms with Gasteiger partial charge in [-0.15, -0.1) is 11.3 Å². The maximum atomic E-state index is 11.9. The second kappa shape index (κ2) is 5.85. The molecule has 1 N–H and O–H groups in total. The number of thiazole rings is 1. The van der Waals surface area contributed by atoms with Crippen molar-refractivity contribution in [2.75, 3.05) is 0 Å². The summed E-state index contributed by atoms with van der Waals surface area (Å²) in [5, 5.41) is 5.87. The van der Waals surface area contributed by atoms with E-state index in [0.29, 0.717) is 13.0 Å². The number of aryl methyl sites for hydroxylation is 1. The van der Waals surface area contributed by atoms with Gasteiger partial charge in [-0.1, -0.05) is 12.1 Å². The summed E-state index contributed by atoms with van der Waals surface area (Å²) in [6.07, 6.45) is 1.53. The molecule has 1 aromatic carbocycles. The lowest BCUT2D eigenvalue weighted by Gasteiger charge is -2.06. The number of hydrogen-bond donors (Lipinski definition) is 1. The average molecular weight is 302 g/mol. The van der Waals surface area contributed by atoms with Gasteiger partial charge in [-0.05, 0) is 31.0 Å². The van der Waals surface area contributed by atoms with Crippen LogP contribution in [0.3, 0.4) is 0 Å². The van der Waals surface area contributed by atoms with E-state index in [0.717, 1.165) is 28.4 Å². The lowest BCUT2D eigenvalue weighted by molar-refractivity contribution is -0.120. The van der Waals surface area contributed by atoms with Crippen LogP contribution >= 0.6 is 11.3 Å². The number of nitrogens with zero attached hydrogens (tertiary/aromatic N) is 1. The number of nitrogens with one attached hydrogen (secondary N) is 1. The van der Waals surface area contributed by atoms with Crippen LogP contribution in [0.1, 0.15) is 28.8 Å². The van der Waals surface area contributed by atoms with Crippen LogP contribution < -0.4 is 10.1 Å². The van der Waals surface area contributed by atoms with E-state index >= 15 is 0 Å². The molecule has 3 rings (SSSR count). The van der Waals surface area contributed by atoms with E-state index in [-0.39, 0.29) is 12.0 Å². The van der Waals surface area contributed by atoms with Gasteiger partial charge in [0.2, 0.25) is 5.91 Å². The highest BCUT2D eigenvalue weighted by Crippen LogP contribution is 2.29. The molecule has 5 heteroatoms. The minimum absolute atomic E-state index is 0.00502. The summed E-state index contributed by atoms with van der Waals surface area (Å²) >= 11 is 1.57. The van der Waals surface area contributed by atoms with Gasteiger partial charge in [0.1, 0.15) is 11.9 Å². The van der Waals surface area contributed by atoms with Crippen LogP contribution in [0.4, 0.5) is 0 Å². The molecule has 0 saturated carbocycles. The van der Waals surface area contributed by atoms with Crippen LogP contribution in [-0.4, -0.2) is 17.0 Å². The van der Waals surface area contributed by atoms with Gasteiger partial charge in [0.15, 0.2) is 0 Å². The number of hydrogen-bond acceptors (Lipinski definition) is 4. The van der Waals surface area contributed by atoms with Crippen molar-refractivity contribution >= 4 is 17.2 Å². The van der Waals surface area contributed by atoms with Gasteiger partial charge in [-0.25, -0.2) is 4.98 Å². The number of fused-ring (bicyclic) bond motifs is 1. The maximum Gasteiger partial charge on any atom is 0.226 e. The Kier molecular flexibility index (Phi) is 3.92.